The van der Waals surface area contributed by atoms with Gasteiger partial charge in [-0.05, 0) is 18.6 Å². The second-order valence-electron chi connectivity index (χ2n) is 3.42. The van der Waals surface area contributed by atoms with Crippen molar-refractivity contribution in [2.75, 3.05) is 13.6 Å². The van der Waals surface area contributed by atoms with Gasteiger partial charge in [-0.1, -0.05) is 13.3 Å². The van der Waals surface area contributed by atoms with Crippen molar-refractivity contribution in [1.82, 2.24) is 0 Å². The van der Waals surface area contributed by atoms with Crippen molar-refractivity contribution in [3.05, 3.63) is 30.0 Å². The van der Waals surface area contributed by atoms with Crippen LogP contribution in [-0.4, -0.2) is 24.1 Å². The molecule has 0 aliphatic carbocycles. The van der Waals surface area contributed by atoms with Gasteiger partial charge in [-0.3, -0.25) is 4.48 Å². The summed E-state index contributed by atoms with van der Waals surface area (Å²) in [5.41, 5.74) is 0. The second kappa shape index (κ2) is 7.69. The Labute approximate surface area is 91.0 Å². The van der Waals surface area contributed by atoms with E-state index in [-0.39, 0.29) is 0 Å². The molecule has 4 heteroatoms. The molecule has 80 valence electrons. The van der Waals surface area contributed by atoms with Gasteiger partial charge in [0.15, 0.2) is 0 Å². The van der Waals surface area contributed by atoms with Crippen LogP contribution in [0.15, 0.2) is 29.5 Å². The molecule has 0 spiro atoms. The molecular formula is C11H16N4. The molecule has 0 aromatic rings. The Hall–Kier alpha value is -1.69. The van der Waals surface area contributed by atoms with Crippen LogP contribution in [0.1, 0.15) is 19.8 Å². The third-order valence-corrected chi connectivity index (χ3v) is 2.06. The van der Waals surface area contributed by atoms with Gasteiger partial charge in [0.25, 0.3) is 0 Å². The quantitative estimate of drug-likeness (QED) is 0.396. The number of quaternary nitrogens is 1. The van der Waals surface area contributed by atoms with Crippen LogP contribution >= 0.6 is 0 Å². The van der Waals surface area contributed by atoms with Crippen LogP contribution in [0, 0.1) is 11.5 Å². The molecule has 0 aromatic carbocycles. The van der Waals surface area contributed by atoms with E-state index >= 15 is 0 Å². The van der Waals surface area contributed by atoms with Gasteiger partial charge in [-0.2, -0.15) is 5.26 Å². The van der Waals surface area contributed by atoms with Crippen molar-refractivity contribution in [2.24, 2.45) is 4.99 Å². The average Bonchev–Trinajstić information content (AvgIpc) is 2.65. The molecule has 1 aliphatic rings. The lowest BCUT2D eigenvalue weighted by molar-refractivity contribution is -0.804. The predicted octanol–water partition coefficient (Wildman–Crippen LogP) is 2.48. The first-order valence-corrected chi connectivity index (χ1v) is 4.88. The maximum Gasteiger partial charge on any atom is 0.100 e. The van der Waals surface area contributed by atoms with Crippen molar-refractivity contribution >= 4 is 6.01 Å². The van der Waals surface area contributed by atoms with Gasteiger partial charge in [0, 0.05) is 0 Å². The second-order valence-corrected chi connectivity index (χ2v) is 3.42. The monoisotopic (exact) mass is 204 g/mol. The Balaban J connectivity index is 0.000000336. The molecule has 4 nitrogen and oxygen atoms in total. The third-order valence-electron chi connectivity index (χ3n) is 2.06. The normalized spacial score (nSPS) is 14.7. The van der Waals surface area contributed by atoms with Gasteiger partial charge in [0.2, 0.25) is 0 Å². The summed E-state index contributed by atoms with van der Waals surface area (Å²) in [6, 6.07) is 1.28. The van der Waals surface area contributed by atoms with E-state index in [0.29, 0.717) is 0 Å². The molecule has 0 amide bonds. The number of aliphatic imine (C=N–C) groups is 1. The Bertz CT molecular complexity index is 304. The van der Waals surface area contributed by atoms with Crippen molar-refractivity contribution in [2.45, 2.75) is 19.8 Å². The molecule has 0 fully saturated rings. The molecule has 0 atom stereocenters. The topological polar surface area (TPSA) is 58.5 Å². The van der Waals surface area contributed by atoms with E-state index in [1.54, 1.807) is 0 Å². The van der Waals surface area contributed by atoms with Crippen molar-refractivity contribution < 1.29 is 4.48 Å². The molecule has 1 aliphatic heterocycles. The lowest BCUT2D eigenvalue weighted by atomic mass is 10.3. The Kier molecular flexibility index (Phi) is 6.82. The zero-order chi connectivity index (χ0) is 11.6. The summed E-state index contributed by atoms with van der Waals surface area (Å²) in [6.45, 7) is 3.47. The fourth-order valence-electron chi connectivity index (χ4n) is 1.21. The van der Waals surface area contributed by atoms with E-state index in [1.807, 2.05) is 0 Å². The van der Waals surface area contributed by atoms with Gasteiger partial charge < -0.3 is 10.4 Å². The van der Waals surface area contributed by atoms with Crippen LogP contribution in [0.2, 0.25) is 0 Å². The number of nitrogens with zero attached hydrogens (tertiary/aromatic N) is 4. The first-order valence-electron chi connectivity index (χ1n) is 4.88. The number of hydrogen-bond donors (Lipinski definition) is 0. The fraction of sp³-hybridized carbons (Fsp3) is 0.455. The molecule has 0 bridgehead atoms. The number of unbranched alkanes of at least 4 members (excludes halogenated alkanes) is 1. The summed E-state index contributed by atoms with van der Waals surface area (Å²) in [5, 5.41) is 14.9. The molecule has 0 radical (unpaired) electrons. The van der Waals surface area contributed by atoms with E-state index in [2.05, 4.69) is 43.5 Å². The first kappa shape index (κ1) is 13.3. The highest BCUT2D eigenvalue weighted by atomic mass is 15.3. The average molecular weight is 204 g/mol. The van der Waals surface area contributed by atoms with Gasteiger partial charge in [-0.15, -0.1) is 6.01 Å². The van der Waals surface area contributed by atoms with Crippen LogP contribution < -0.4 is 0 Å². The highest BCUT2D eigenvalue weighted by Crippen LogP contribution is 2.12. The zero-order valence-electron chi connectivity index (χ0n) is 9.22. The molecular weight excluding hydrogens is 188 g/mol. The molecule has 0 saturated carbocycles. The minimum atomic E-state index is 0.994. The van der Waals surface area contributed by atoms with E-state index in [1.165, 1.54) is 31.6 Å². The summed E-state index contributed by atoms with van der Waals surface area (Å²) in [5.74, 6) is 0. The van der Waals surface area contributed by atoms with E-state index < -0.39 is 0 Å². The largest absolute Gasteiger partial charge is 0.422 e. The maximum absolute atomic E-state index is 7.43. The van der Waals surface area contributed by atoms with Crippen LogP contribution in [-0.2, 0) is 0 Å². The van der Waals surface area contributed by atoms with Crippen LogP contribution in [0.25, 0.3) is 5.41 Å². The molecule has 0 aromatic heterocycles. The number of rotatable bonds is 3. The molecule has 15 heavy (non-hydrogen) atoms. The molecule has 0 saturated heterocycles. The summed E-state index contributed by atoms with van der Waals surface area (Å²) in [4.78, 5) is 2.58. The van der Waals surface area contributed by atoms with Gasteiger partial charge in [0.1, 0.15) is 12.4 Å². The van der Waals surface area contributed by atoms with Gasteiger partial charge >= 0.3 is 0 Å². The molecule has 0 N–H and O–H groups in total. The summed E-state index contributed by atoms with van der Waals surface area (Å²) < 4.78 is 0.994. The van der Waals surface area contributed by atoms with E-state index in [4.69, 9.17) is 10.7 Å². The minimum absolute atomic E-state index is 0.994. The fourth-order valence-corrected chi connectivity index (χ4v) is 1.21. The lowest BCUT2D eigenvalue weighted by Crippen LogP contribution is -2.30. The van der Waals surface area contributed by atoms with Crippen molar-refractivity contribution in [3.8, 4) is 6.19 Å². The SMILES string of the molecule is CCCC[N+]1(C)C=CC=C1.N#CN=C=[N-]. The highest BCUT2D eigenvalue weighted by molar-refractivity contribution is 5.46. The number of nitriles is 1. The summed E-state index contributed by atoms with van der Waals surface area (Å²) in [6.07, 6.45) is 12.6. The van der Waals surface area contributed by atoms with Gasteiger partial charge in [-0.25, -0.2) is 0 Å². The van der Waals surface area contributed by atoms with Crippen LogP contribution in [0.5, 0.6) is 0 Å². The molecule has 1 rings (SSSR count). The van der Waals surface area contributed by atoms with Crippen LogP contribution in [0.4, 0.5) is 0 Å². The van der Waals surface area contributed by atoms with Crippen molar-refractivity contribution in [1.29, 1.82) is 5.26 Å². The van der Waals surface area contributed by atoms with E-state index in [9.17, 15) is 0 Å². The minimum Gasteiger partial charge on any atom is -0.422 e. The summed E-state index contributed by atoms with van der Waals surface area (Å²) in [7, 11) is 2.23. The van der Waals surface area contributed by atoms with Crippen molar-refractivity contribution in [3.63, 3.8) is 0 Å². The lowest BCUT2D eigenvalue weighted by Gasteiger charge is -2.22. The first-order chi connectivity index (χ1) is 7.18. The smallest absolute Gasteiger partial charge is 0.100 e. The Morgan fingerprint density at radius 3 is 2.33 bits per heavy atom. The standard InChI is InChI=1S/C9H16N.C2N3/c1-3-4-7-10(2)8-5-6-9-10;3-1-5-2-4/h5-6,8-9H,3-4,7H2,1-2H3;/q+1;-1. The maximum atomic E-state index is 7.43. The molecule has 0 unspecified atom stereocenters. The zero-order valence-corrected chi connectivity index (χ0v) is 9.22. The van der Waals surface area contributed by atoms with E-state index in [0.717, 1.165) is 4.48 Å². The number of allylic oxidation sites excluding steroid dienone is 2. The predicted molar refractivity (Wildman–Crippen MR) is 60.6 cm³/mol. The highest BCUT2D eigenvalue weighted by Gasteiger charge is 2.15. The Morgan fingerprint density at radius 2 is 2.00 bits per heavy atom. The molecule has 1 heterocycles. The third kappa shape index (κ3) is 6.39. The van der Waals surface area contributed by atoms with Crippen LogP contribution in [0.3, 0.4) is 0 Å². The summed E-state index contributed by atoms with van der Waals surface area (Å²) >= 11 is 0. The van der Waals surface area contributed by atoms with Gasteiger partial charge in [0.05, 0.1) is 19.8 Å². The Morgan fingerprint density at radius 1 is 1.40 bits per heavy atom. The number of hydrogen-bond acceptors (Lipinski definition) is 2.